The first-order valence-electron chi connectivity index (χ1n) is 6.49. The number of carbonyl (C=O) groups excluding carboxylic acids is 2. The van der Waals surface area contributed by atoms with E-state index < -0.39 is 18.4 Å². The van der Waals surface area contributed by atoms with E-state index in [0.29, 0.717) is 25.0 Å². The molecule has 2 unspecified atom stereocenters. The van der Waals surface area contributed by atoms with Crippen molar-refractivity contribution in [2.75, 3.05) is 40.3 Å². The molecule has 8 nitrogen and oxygen atoms in total. The number of likely N-dealkylation sites (N-methyl/N-ethyl adjacent to an activating group) is 1. The van der Waals surface area contributed by atoms with E-state index in [1.54, 1.807) is 4.90 Å². The number of nitrogens with zero attached hydrogens (tertiary/aromatic N) is 2. The SMILES string of the molecule is CC1CN(C(=O)NCC(=O)NCC(=O)O)CC1N(C)C. The minimum Gasteiger partial charge on any atom is -0.480 e. The molecule has 0 aromatic rings. The van der Waals surface area contributed by atoms with Gasteiger partial charge in [-0.05, 0) is 20.0 Å². The first-order valence-corrected chi connectivity index (χ1v) is 6.49. The van der Waals surface area contributed by atoms with Crippen LogP contribution in [-0.2, 0) is 9.59 Å². The van der Waals surface area contributed by atoms with Gasteiger partial charge in [0.05, 0.1) is 6.54 Å². The molecule has 2 atom stereocenters. The Morgan fingerprint density at radius 3 is 2.35 bits per heavy atom. The molecule has 1 fully saturated rings. The van der Waals surface area contributed by atoms with Crippen LogP contribution in [0.2, 0.25) is 0 Å². The zero-order valence-electron chi connectivity index (χ0n) is 12.0. The van der Waals surface area contributed by atoms with Gasteiger partial charge in [0.2, 0.25) is 5.91 Å². The van der Waals surface area contributed by atoms with Crippen molar-refractivity contribution < 1.29 is 19.5 Å². The minimum absolute atomic E-state index is 0.219. The Kier molecular flexibility index (Phi) is 5.75. The lowest BCUT2D eigenvalue weighted by atomic mass is 10.1. The first kappa shape index (κ1) is 16.2. The summed E-state index contributed by atoms with van der Waals surface area (Å²) >= 11 is 0. The molecule has 3 N–H and O–H groups in total. The van der Waals surface area contributed by atoms with Crippen molar-refractivity contribution in [3.05, 3.63) is 0 Å². The maximum absolute atomic E-state index is 11.9. The van der Waals surface area contributed by atoms with E-state index in [4.69, 9.17) is 5.11 Å². The highest BCUT2D eigenvalue weighted by atomic mass is 16.4. The zero-order valence-corrected chi connectivity index (χ0v) is 12.0. The van der Waals surface area contributed by atoms with Gasteiger partial charge in [0.25, 0.3) is 0 Å². The van der Waals surface area contributed by atoms with Crippen molar-refractivity contribution in [2.24, 2.45) is 5.92 Å². The number of carboxylic acids is 1. The normalized spacial score (nSPS) is 21.9. The van der Waals surface area contributed by atoms with Crippen LogP contribution in [-0.4, -0.2) is 79.1 Å². The van der Waals surface area contributed by atoms with Gasteiger partial charge in [0, 0.05) is 19.1 Å². The van der Waals surface area contributed by atoms with Crippen molar-refractivity contribution in [3.8, 4) is 0 Å². The van der Waals surface area contributed by atoms with Crippen molar-refractivity contribution in [1.82, 2.24) is 20.4 Å². The summed E-state index contributed by atoms with van der Waals surface area (Å²) in [6.07, 6.45) is 0. The summed E-state index contributed by atoms with van der Waals surface area (Å²) in [6.45, 7) is 2.68. The number of carboxylic acid groups (broad SMARTS) is 1. The Labute approximate surface area is 118 Å². The smallest absolute Gasteiger partial charge is 0.322 e. The van der Waals surface area contributed by atoms with Gasteiger partial charge in [0.15, 0.2) is 0 Å². The Morgan fingerprint density at radius 1 is 1.20 bits per heavy atom. The van der Waals surface area contributed by atoms with E-state index in [0.717, 1.165) is 0 Å². The number of aliphatic carboxylic acids is 1. The number of hydrogen-bond acceptors (Lipinski definition) is 4. The van der Waals surface area contributed by atoms with E-state index in [-0.39, 0.29) is 12.6 Å². The lowest BCUT2D eigenvalue weighted by molar-refractivity contribution is -0.137. The molecule has 20 heavy (non-hydrogen) atoms. The van der Waals surface area contributed by atoms with Crippen LogP contribution >= 0.6 is 0 Å². The molecule has 0 saturated carbocycles. The molecular weight excluding hydrogens is 264 g/mol. The molecule has 0 aromatic carbocycles. The largest absolute Gasteiger partial charge is 0.480 e. The number of likely N-dealkylation sites (tertiary alicyclic amines) is 1. The summed E-state index contributed by atoms with van der Waals surface area (Å²) in [5.74, 6) is -1.26. The van der Waals surface area contributed by atoms with Gasteiger partial charge in [-0.3, -0.25) is 9.59 Å². The molecule has 0 aromatic heterocycles. The van der Waals surface area contributed by atoms with Crippen molar-refractivity contribution >= 4 is 17.9 Å². The fourth-order valence-corrected chi connectivity index (χ4v) is 2.29. The summed E-state index contributed by atoms with van der Waals surface area (Å²) in [7, 11) is 3.95. The third-order valence-corrected chi connectivity index (χ3v) is 3.36. The maximum Gasteiger partial charge on any atom is 0.322 e. The number of amides is 3. The van der Waals surface area contributed by atoms with Gasteiger partial charge in [-0.1, -0.05) is 6.92 Å². The fourth-order valence-electron chi connectivity index (χ4n) is 2.29. The van der Waals surface area contributed by atoms with Gasteiger partial charge in [-0.2, -0.15) is 0 Å². The molecular formula is C12H22N4O4. The van der Waals surface area contributed by atoms with Gasteiger partial charge >= 0.3 is 12.0 Å². The molecule has 8 heteroatoms. The molecule has 1 rings (SSSR count). The summed E-state index contributed by atoms with van der Waals surface area (Å²) in [6, 6.07) is 0.00765. The molecule has 1 aliphatic heterocycles. The Balaban J connectivity index is 2.33. The Hall–Kier alpha value is -1.83. The van der Waals surface area contributed by atoms with Gasteiger partial charge in [-0.25, -0.2) is 4.79 Å². The third-order valence-electron chi connectivity index (χ3n) is 3.36. The number of rotatable bonds is 5. The van der Waals surface area contributed by atoms with Crippen molar-refractivity contribution in [1.29, 1.82) is 0 Å². The van der Waals surface area contributed by atoms with Crippen LogP contribution in [0, 0.1) is 5.92 Å². The van der Waals surface area contributed by atoms with Gasteiger partial charge in [-0.15, -0.1) is 0 Å². The van der Waals surface area contributed by atoms with E-state index >= 15 is 0 Å². The Morgan fingerprint density at radius 2 is 1.85 bits per heavy atom. The van der Waals surface area contributed by atoms with E-state index in [9.17, 15) is 14.4 Å². The monoisotopic (exact) mass is 286 g/mol. The average molecular weight is 286 g/mol. The van der Waals surface area contributed by atoms with E-state index in [1.807, 2.05) is 14.1 Å². The van der Waals surface area contributed by atoms with Gasteiger partial charge < -0.3 is 25.5 Å². The van der Waals surface area contributed by atoms with Crippen LogP contribution in [0.5, 0.6) is 0 Å². The first-order chi connectivity index (χ1) is 9.31. The summed E-state index contributed by atoms with van der Waals surface area (Å²) < 4.78 is 0. The summed E-state index contributed by atoms with van der Waals surface area (Å²) in [5, 5.41) is 13.1. The fraction of sp³-hybridized carbons (Fsp3) is 0.750. The molecule has 1 heterocycles. The summed E-state index contributed by atoms with van der Waals surface area (Å²) in [4.78, 5) is 37.2. The minimum atomic E-state index is -1.12. The second-order valence-electron chi connectivity index (χ2n) is 5.24. The molecule has 0 bridgehead atoms. The second kappa shape index (κ2) is 7.09. The molecule has 0 spiro atoms. The molecule has 0 radical (unpaired) electrons. The molecule has 1 aliphatic rings. The van der Waals surface area contributed by atoms with Crippen molar-refractivity contribution in [3.63, 3.8) is 0 Å². The lowest BCUT2D eigenvalue weighted by Crippen LogP contribution is -2.45. The molecule has 114 valence electrons. The Bertz CT molecular complexity index is 386. The average Bonchev–Trinajstić information content (AvgIpc) is 2.75. The van der Waals surface area contributed by atoms with Crippen LogP contribution < -0.4 is 10.6 Å². The molecule has 3 amide bonds. The lowest BCUT2D eigenvalue weighted by Gasteiger charge is -2.22. The maximum atomic E-state index is 11.9. The second-order valence-corrected chi connectivity index (χ2v) is 5.24. The number of urea groups is 1. The predicted molar refractivity (Wildman–Crippen MR) is 72.3 cm³/mol. The van der Waals surface area contributed by atoms with Gasteiger partial charge in [0.1, 0.15) is 6.54 Å². The molecule has 0 aliphatic carbocycles. The third kappa shape index (κ3) is 4.69. The molecule has 1 saturated heterocycles. The topological polar surface area (TPSA) is 102 Å². The van der Waals surface area contributed by atoms with E-state index in [2.05, 4.69) is 22.5 Å². The zero-order chi connectivity index (χ0) is 15.3. The number of carbonyl (C=O) groups is 3. The van der Waals surface area contributed by atoms with Crippen LogP contribution in [0.1, 0.15) is 6.92 Å². The highest BCUT2D eigenvalue weighted by Gasteiger charge is 2.33. The van der Waals surface area contributed by atoms with Crippen LogP contribution in [0.15, 0.2) is 0 Å². The van der Waals surface area contributed by atoms with E-state index in [1.165, 1.54) is 0 Å². The summed E-state index contributed by atoms with van der Waals surface area (Å²) in [5.41, 5.74) is 0. The quantitative estimate of drug-likeness (QED) is 0.588. The van der Waals surface area contributed by atoms with Crippen molar-refractivity contribution in [2.45, 2.75) is 13.0 Å². The van der Waals surface area contributed by atoms with Crippen LogP contribution in [0.3, 0.4) is 0 Å². The van der Waals surface area contributed by atoms with Crippen LogP contribution in [0.25, 0.3) is 0 Å². The van der Waals surface area contributed by atoms with Crippen LogP contribution in [0.4, 0.5) is 4.79 Å². The highest BCUT2D eigenvalue weighted by Crippen LogP contribution is 2.19. The highest BCUT2D eigenvalue weighted by molar-refractivity contribution is 5.86. The standard InChI is InChI=1S/C12H22N4O4/c1-8-6-16(7-9(8)15(2)3)12(20)14-4-10(17)13-5-11(18)19/h8-9H,4-7H2,1-3H3,(H,13,17)(H,14,20)(H,18,19). The number of nitrogens with one attached hydrogen (secondary N) is 2. The predicted octanol–water partition coefficient (Wildman–Crippen LogP) is -1.22. The number of hydrogen-bond donors (Lipinski definition) is 3.